The van der Waals surface area contributed by atoms with Gasteiger partial charge in [0.15, 0.2) is 0 Å². The zero-order chi connectivity index (χ0) is 9.84. The van der Waals surface area contributed by atoms with Gasteiger partial charge in [-0.3, -0.25) is 4.79 Å². The van der Waals surface area contributed by atoms with Crippen molar-refractivity contribution in [2.75, 3.05) is 6.54 Å². The number of carbonyl (C=O) groups excluding carboxylic acids is 1. The molecule has 0 saturated carbocycles. The smallest absolute Gasteiger partial charge is 0.298 e. The van der Waals surface area contributed by atoms with Gasteiger partial charge in [-0.05, 0) is 31.6 Å². The topological polar surface area (TPSA) is 20.3 Å². The Morgan fingerprint density at radius 1 is 1.54 bits per heavy atom. The van der Waals surface area contributed by atoms with Crippen LogP contribution in [0.2, 0.25) is 0 Å². The Morgan fingerprint density at radius 2 is 2.23 bits per heavy atom. The fourth-order valence-electron chi connectivity index (χ4n) is 1.92. The van der Waals surface area contributed by atoms with Crippen molar-refractivity contribution in [1.29, 1.82) is 0 Å². The lowest BCUT2D eigenvalue weighted by atomic mass is 10.0. The highest BCUT2D eigenvalue weighted by atomic mass is 16.2. The van der Waals surface area contributed by atoms with Crippen molar-refractivity contribution >= 4 is 5.91 Å². The van der Waals surface area contributed by atoms with Crippen LogP contribution < -0.4 is 0 Å². The molecule has 1 heterocycles. The van der Waals surface area contributed by atoms with Crippen LogP contribution in [0.1, 0.15) is 33.6 Å². The summed E-state index contributed by atoms with van der Waals surface area (Å²) in [6, 6.07) is 0.411. The SMILES string of the molecule is CC#CC(=O)N1CCC[C@H]1C(C)C. The second-order valence-electron chi connectivity index (χ2n) is 3.83. The van der Waals surface area contributed by atoms with E-state index in [0.29, 0.717) is 12.0 Å². The molecular formula is C11H17NO. The second-order valence-corrected chi connectivity index (χ2v) is 3.83. The van der Waals surface area contributed by atoms with Crippen LogP contribution in [-0.4, -0.2) is 23.4 Å². The van der Waals surface area contributed by atoms with Crippen molar-refractivity contribution in [3.8, 4) is 11.8 Å². The lowest BCUT2D eigenvalue weighted by Gasteiger charge is -2.25. The molecule has 2 nitrogen and oxygen atoms in total. The van der Waals surface area contributed by atoms with Crippen LogP contribution in [0.5, 0.6) is 0 Å². The maximum absolute atomic E-state index is 11.5. The second kappa shape index (κ2) is 4.32. The Hall–Kier alpha value is -0.970. The molecule has 13 heavy (non-hydrogen) atoms. The summed E-state index contributed by atoms with van der Waals surface area (Å²) in [7, 11) is 0. The molecule has 0 bridgehead atoms. The van der Waals surface area contributed by atoms with E-state index in [1.54, 1.807) is 6.92 Å². The molecule has 0 aromatic heterocycles. The van der Waals surface area contributed by atoms with E-state index < -0.39 is 0 Å². The predicted molar refractivity (Wildman–Crippen MR) is 53.0 cm³/mol. The molecular weight excluding hydrogens is 162 g/mol. The largest absolute Gasteiger partial charge is 0.329 e. The monoisotopic (exact) mass is 179 g/mol. The number of amides is 1. The third kappa shape index (κ3) is 2.24. The molecule has 1 fully saturated rings. The van der Waals surface area contributed by atoms with E-state index in [1.165, 1.54) is 0 Å². The Kier molecular flexibility index (Phi) is 3.36. The van der Waals surface area contributed by atoms with Gasteiger partial charge in [-0.25, -0.2) is 0 Å². The summed E-state index contributed by atoms with van der Waals surface area (Å²) in [5.74, 6) is 5.82. The molecule has 1 aliphatic heterocycles. The van der Waals surface area contributed by atoms with Crippen molar-refractivity contribution in [2.24, 2.45) is 5.92 Å². The third-order valence-electron chi connectivity index (χ3n) is 2.56. The third-order valence-corrected chi connectivity index (χ3v) is 2.56. The van der Waals surface area contributed by atoms with Crippen LogP contribution in [0.15, 0.2) is 0 Å². The molecule has 1 atom stereocenters. The van der Waals surface area contributed by atoms with Crippen LogP contribution in [0.3, 0.4) is 0 Å². The van der Waals surface area contributed by atoms with Gasteiger partial charge in [0, 0.05) is 12.6 Å². The normalized spacial score (nSPS) is 21.5. The van der Waals surface area contributed by atoms with Crippen LogP contribution in [0, 0.1) is 17.8 Å². The quantitative estimate of drug-likeness (QED) is 0.560. The van der Waals surface area contributed by atoms with Gasteiger partial charge >= 0.3 is 0 Å². The van der Waals surface area contributed by atoms with E-state index in [9.17, 15) is 4.79 Å². The molecule has 1 saturated heterocycles. The van der Waals surface area contributed by atoms with Crippen molar-refractivity contribution in [3.63, 3.8) is 0 Å². The molecule has 0 aromatic carbocycles. The van der Waals surface area contributed by atoms with Gasteiger partial charge in [-0.15, -0.1) is 0 Å². The number of carbonyl (C=O) groups is 1. The van der Waals surface area contributed by atoms with Crippen molar-refractivity contribution in [2.45, 2.75) is 39.7 Å². The number of rotatable bonds is 1. The van der Waals surface area contributed by atoms with Crippen molar-refractivity contribution < 1.29 is 4.79 Å². The molecule has 0 N–H and O–H groups in total. The summed E-state index contributed by atoms with van der Waals surface area (Å²) < 4.78 is 0. The Morgan fingerprint density at radius 3 is 2.77 bits per heavy atom. The maximum Gasteiger partial charge on any atom is 0.298 e. The van der Waals surface area contributed by atoms with E-state index >= 15 is 0 Å². The van der Waals surface area contributed by atoms with Gasteiger partial charge < -0.3 is 4.90 Å². The van der Waals surface area contributed by atoms with Crippen LogP contribution >= 0.6 is 0 Å². The number of nitrogens with zero attached hydrogens (tertiary/aromatic N) is 1. The Labute approximate surface area is 80.3 Å². The van der Waals surface area contributed by atoms with Crippen LogP contribution in [-0.2, 0) is 4.79 Å². The molecule has 0 unspecified atom stereocenters. The average molecular weight is 179 g/mol. The summed E-state index contributed by atoms with van der Waals surface area (Å²) in [6.07, 6.45) is 2.26. The van der Waals surface area contributed by atoms with Crippen LogP contribution in [0.25, 0.3) is 0 Å². The van der Waals surface area contributed by atoms with E-state index in [4.69, 9.17) is 0 Å². The first-order valence-corrected chi connectivity index (χ1v) is 4.90. The van der Waals surface area contributed by atoms with Crippen LogP contribution in [0.4, 0.5) is 0 Å². The Balaban J connectivity index is 2.66. The molecule has 0 aliphatic carbocycles. The summed E-state index contributed by atoms with van der Waals surface area (Å²) >= 11 is 0. The molecule has 0 aromatic rings. The first-order chi connectivity index (χ1) is 6.16. The zero-order valence-electron chi connectivity index (χ0n) is 8.63. The molecule has 1 aliphatic rings. The first kappa shape index (κ1) is 10.1. The molecule has 1 amide bonds. The number of hydrogen-bond donors (Lipinski definition) is 0. The van der Waals surface area contributed by atoms with Crippen molar-refractivity contribution in [1.82, 2.24) is 4.90 Å². The highest BCUT2D eigenvalue weighted by Gasteiger charge is 2.29. The minimum absolute atomic E-state index is 0.00120. The molecule has 72 valence electrons. The van der Waals surface area contributed by atoms with Crippen molar-refractivity contribution in [3.05, 3.63) is 0 Å². The summed E-state index contributed by atoms with van der Waals surface area (Å²) in [6.45, 7) is 6.92. The number of hydrogen-bond acceptors (Lipinski definition) is 1. The number of likely N-dealkylation sites (tertiary alicyclic amines) is 1. The first-order valence-electron chi connectivity index (χ1n) is 4.90. The van der Waals surface area contributed by atoms with Gasteiger partial charge in [0.1, 0.15) is 0 Å². The fourth-order valence-corrected chi connectivity index (χ4v) is 1.92. The van der Waals surface area contributed by atoms with E-state index in [1.807, 2.05) is 4.90 Å². The fraction of sp³-hybridized carbons (Fsp3) is 0.727. The lowest BCUT2D eigenvalue weighted by molar-refractivity contribution is -0.126. The molecule has 2 heteroatoms. The molecule has 1 rings (SSSR count). The predicted octanol–water partition coefficient (Wildman–Crippen LogP) is 1.66. The summed E-state index contributed by atoms with van der Waals surface area (Å²) in [5.41, 5.74) is 0. The summed E-state index contributed by atoms with van der Waals surface area (Å²) in [5, 5.41) is 0. The van der Waals surface area contributed by atoms with Gasteiger partial charge in [0.2, 0.25) is 0 Å². The standard InChI is InChI=1S/C11H17NO/c1-4-6-11(13)12-8-5-7-10(12)9(2)3/h9-10H,5,7-8H2,1-3H3/t10-/m0/s1. The Bertz CT molecular complexity index is 247. The molecule has 0 spiro atoms. The van der Waals surface area contributed by atoms with E-state index in [2.05, 4.69) is 25.7 Å². The minimum Gasteiger partial charge on any atom is -0.329 e. The minimum atomic E-state index is -0.00120. The average Bonchev–Trinajstić information content (AvgIpc) is 2.52. The highest BCUT2D eigenvalue weighted by molar-refractivity contribution is 5.93. The maximum atomic E-state index is 11.5. The lowest BCUT2D eigenvalue weighted by Crippen LogP contribution is -2.37. The van der Waals surface area contributed by atoms with Gasteiger partial charge in [-0.2, -0.15) is 0 Å². The van der Waals surface area contributed by atoms with E-state index in [0.717, 1.165) is 19.4 Å². The van der Waals surface area contributed by atoms with Gasteiger partial charge in [-0.1, -0.05) is 19.8 Å². The summed E-state index contributed by atoms with van der Waals surface area (Å²) in [4.78, 5) is 13.4. The zero-order valence-corrected chi connectivity index (χ0v) is 8.63. The van der Waals surface area contributed by atoms with Gasteiger partial charge in [0.05, 0.1) is 0 Å². The van der Waals surface area contributed by atoms with Gasteiger partial charge in [0.25, 0.3) is 5.91 Å². The van der Waals surface area contributed by atoms with E-state index in [-0.39, 0.29) is 5.91 Å². The highest BCUT2D eigenvalue weighted by Crippen LogP contribution is 2.23. The molecule has 0 radical (unpaired) electrons.